The van der Waals surface area contributed by atoms with Gasteiger partial charge in [0.05, 0.1) is 11.0 Å². The van der Waals surface area contributed by atoms with E-state index in [0.717, 1.165) is 18.7 Å². The Hall–Kier alpha value is -1.57. The lowest BCUT2D eigenvalue weighted by Crippen LogP contribution is -2.36. The number of nitro benzene ring substituents is 1. The smallest absolute Gasteiger partial charge is 0.305 e. The molecule has 2 unspecified atom stereocenters. The maximum atomic E-state index is 13.2. The van der Waals surface area contributed by atoms with E-state index in [1.54, 1.807) is 6.92 Å². The summed E-state index contributed by atoms with van der Waals surface area (Å²) in [5, 5.41) is 23.9. The highest BCUT2D eigenvalue weighted by molar-refractivity contribution is 5.37. The molecule has 7 heteroatoms. The Labute approximate surface area is 117 Å². The van der Waals surface area contributed by atoms with Crippen LogP contribution in [0.25, 0.3) is 0 Å². The average Bonchev–Trinajstić information content (AvgIpc) is 2.37. The first kappa shape index (κ1) is 16.5. The van der Waals surface area contributed by atoms with Crippen molar-refractivity contribution in [2.75, 3.05) is 27.2 Å². The number of aliphatic hydroxyl groups excluding tert-OH is 1. The number of hydrogen-bond acceptors (Lipinski definition) is 5. The molecule has 1 rings (SSSR count). The molecule has 1 aromatic rings. The van der Waals surface area contributed by atoms with Crippen molar-refractivity contribution in [1.82, 2.24) is 10.2 Å². The number of nitrogens with zero attached hydrogens (tertiary/aromatic N) is 2. The maximum absolute atomic E-state index is 13.2. The number of hydrogen-bond donors (Lipinski definition) is 2. The van der Waals surface area contributed by atoms with Crippen LogP contribution in [0.1, 0.15) is 18.6 Å². The third kappa shape index (κ3) is 4.52. The third-order valence-corrected chi connectivity index (χ3v) is 3.01. The number of nitrogens with one attached hydrogen (secondary N) is 1. The van der Waals surface area contributed by atoms with Crippen LogP contribution in [-0.4, -0.2) is 48.2 Å². The number of halogens is 1. The summed E-state index contributed by atoms with van der Waals surface area (Å²) in [7, 11) is 3.87. The molecule has 0 spiro atoms. The van der Waals surface area contributed by atoms with Gasteiger partial charge in [-0.1, -0.05) is 6.07 Å². The lowest BCUT2D eigenvalue weighted by molar-refractivity contribution is -0.387. The summed E-state index contributed by atoms with van der Waals surface area (Å²) >= 11 is 0. The fourth-order valence-electron chi connectivity index (χ4n) is 1.77. The summed E-state index contributed by atoms with van der Waals surface area (Å²) < 4.78 is 13.2. The van der Waals surface area contributed by atoms with E-state index >= 15 is 0 Å². The second-order valence-corrected chi connectivity index (χ2v) is 4.96. The summed E-state index contributed by atoms with van der Waals surface area (Å²) in [6.45, 7) is 3.25. The number of likely N-dealkylation sites (N-methyl/N-ethyl adjacent to an activating group) is 1. The van der Waals surface area contributed by atoms with E-state index in [0.29, 0.717) is 12.1 Å². The van der Waals surface area contributed by atoms with Gasteiger partial charge in [-0.25, -0.2) is 0 Å². The van der Waals surface area contributed by atoms with Crippen LogP contribution in [0, 0.1) is 15.9 Å². The molecule has 0 aliphatic rings. The first-order chi connectivity index (χ1) is 9.32. The van der Waals surface area contributed by atoms with Gasteiger partial charge in [0.15, 0.2) is 0 Å². The minimum absolute atomic E-state index is 0.292. The van der Waals surface area contributed by atoms with Gasteiger partial charge < -0.3 is 15.3 Å². The quantitative estimate of drug-likeness (QED) is 0.583. The SMILES string of the molecule is CC(NCCN(C)C)C(O)c1ccc(F)c([N+](=O)[O-])c1. The molecule has 0 saturated heterocycles. The van der Waals surface area contributed by atoms with E-state index in [-0.39, 0.29) is 6.04 Å². The molecule has 0 aromatic heterocycles. The lowest BCUT2D eigenvalue weighted by Gasteiger charge is -2.21. The van der Waals surface area contributed by atoms with Crippen molar-refractivity contribution >= 4 is 5.69 Å². The number of rotatable bonds is 7. The minimum Gasteiger partial charge on any atom is -0.387 e. The second kappa shape index (κ2) is 7.28. The highest BCUT2D eigenvalue weighted by Crippen LogP contribution is 2.24. The number of nitro groups is 1. The highest BCUT2D eigenvalue weighted by Gasteiger charge is 2.21. The molecule has 20 heavy (non-hydrogen) atoms. The normalized spacial score (nSPS) is 14.3. The summed E-state index contributed by atoms with van der Waals surface area (Å²) in [6.07, 6.45) is -0.934. The van der Waals surface area contributed by atoms with Gasteiger partial charge >= 0.3 is 5.69 Å². The summed E-state index contributed by atoms with van der Waals surface area (Å²) in [4.78, 5) is 11.9. The molecule has 0 aliphatic heterocycles. The molecule has 0 saturated carbocycles. The van der Waals surface area contributed by atoms with E-state index in [1.165, 1.54) is 6.07 Å². The van der Waals surface area contributed by atoms with Crippen LogP contribution in [0.3, 0.4) is 0 Å². The van der Waals surface area contributed by atoms with E-state index in [2.05, 4.69) is 5.32 Å². The van der Waals surface area contributed by atoms with E-state index in [1.807, 2.05) is 19.0 Å². The van der Waals surface area contributed by atoms with Gasteiger partial charge in [-0.3, -0.25) is 10.1 Å². The summed E-state index contributed by atoms with van der Waals surface area (Å²) in [6, 6.07) is 3.14. The lowest BCUT2D eigenvalue weighted by atomic mass is 10.0. The molecule has 1 aromatic carbocycles. The van der Waals surface area contributed by atoms with Crippen molar-refractivity contribution in [3.8, 4) is 0 Å². The summed E-state index contributed by atoms with van der Waals surface area (Å²) in [5.74, 6) is -0.904. The van der Waals surface area contributed by atoms with Gasteiger partial charge in [0, 0.05) is 25.2 Å². The molecule has 0 aliphatic carbocycles. The molecule has 2 N–H and O–H groups in total. The molecule has 6 nitrogen and oxygen atoms in total. The Morgan fingerprint density at radius 2 is 2.15 bits per heavy atom. The zero-order chi connectivity index (χ0) is 15.3. The number of aliphatic hydroxyl groups is 1. The van der Waals surface area contributed by atoms with Crippen LogP contribution in [0.5, 0.6) is 0 Å². The van der Waals surface area contributed by atoms with E-state index < -0.39 is 22.5 Å². The zero-order valence-electron chi connectivity index (χ0n) is 11.8. The maximum Gasteiger partial charge on any atom is 0.305 e. The van der Waals surface area contributed by atoms with Crippen molar-refractivity contribution in [2.45, 2.75) is 19.1 Å². The molecule has 0 bridgehead atoms. The fraction of sp³-hybridized carbons (Fsp3) is 0.538. The molecular weight excluding hydrogens is 265 g/mol. The largest absolute Gasteiger partial charge is 0.387 e. The molecule has 0 radical (unpaired) electrons. The van der Waals surface area contributed by atoms with Gasteiger partial charge in [-0.05, 0) is 32.6 Å². The molecule has 0 amide bonds. The van der Waals surface area contributed by atoms with Gasteiger partial charge in [0.25, 0.3) is 0 Å². The standard InChI is InChI=1S/C13H20FN3O3/c1-9(15-6-7-16(2)3)13(18)10-4-5-11(14)12(8-10)17(19)20/h4-5,8-9,13,15,18H,6-7H2,1-3H3. The molecule has 0 fully saturated rings. The van der Waals surface area contributed by atoms with Crippen LogP contribution >= 0.6 is 0 Å². The first-order valence-corrected chi connectivity index (χ1v) is 6.33. The van der Waals surface area contributed by atoms with Gasteiger partial charge in [0.2, 0.25) is 5.82 Å². The van der Waals surface area contributed by atoms with Crippen LogP contribution in [-0.2, 0) is 0 Å². The predicted molar refractivity (Wildman–Crippen MR) is 74.0 cm³/mol. The van der Waals surface area contributed by atoms with Gasteiger partial charge in [-0.2, -0.15) is 4.39 Å². The van der Waals surface area contributed by atoms with Crippen LogP contribution in [0.4, 0.5) is 10.1 Å². The van der Waals surface area contributed by atoms with Gasteiger partial charge in [-0.15, -0.1) is 0 Å². The Morgan fingerprint density at radius 1 is 1.50 bits per heavy atom. The fourth-order valence-corrected chi connectivity index (χ4v) is 1.77. The van der Waals surface area contributed by atoms with E-state index in [9.17, 15) is 19.6 Å². The van der Waals surface area contributed by atoms with E-state index in [4.69, 9.17) is 0 Å². The van der Waals surface area contributed by atoms with Crippen molar-refractivity contribution in [3.63, 3.8) is 0 Å². The predicted octanol–water partition coefficient (Wildman–Crippen LogP) is 1.31. The Bertz CT molecular complexity index is 468. The van der Waals surface area contributed by atoms with Crippen LogP contribution in [0.15, 0.2) is 18.2 Å². The summed E-state index contributed by atoms with van der Waals surface area (Å²) in [5.41, 5.74) is -0.301. The Kier molecular flexibility index (Phi) is 6.00. The third-order valence-electron chi connectivity index (χ3n) is 3.01. The Morgan fingerprint density at radius 3 is 2.70 bits per heavy atom. The van der Waals surface area contributed by atoms with Crippen molar-refractivity contribution in [3.05, 3.63) is 39.7 Å². The van der Waals surface area contributed by atoms with Crippen LogP contribution in [0.2, 0.25) is 0 Å². The molecule has 0 heterocycles. The van der Waals surface area contributed by atoms with Gasteiger partial charge in [0.1, 0.15) is 0 Å². The molecule has 2 atom stereocenters. The van der Waals surface area contributed by atoms with Crippen molar-refractivity contribution in [2.24, 2.45) is 0 Å². The van der Waals surface area contributed by atoms with Crippen molar-refractivity contribution < 1.29 is 14.4 Å². The zero-order valence-corrected chi connectivity index (χ0v) is 11.8. The second-order valence-electron chi connectivity index (χ2n) is 4.96. The van der Waals surface area contributed by atoms with Crippen LogP contribution < -0.4 is 5.32 Å². The Balaban J connectivity index is 2.73. The number of benzene rings is 1. The molecular formula is C13H20FN3O3. The topological polar surface area (TPSA) is 78.6 Å². The molecule has 112 valence electrons. The van der Waals surface area contributed by atoms with Crippen molar-refractivity contribution in [1.29, 1.82) is 0 Å². The average molecular weight is 285 g/mol. The first-order valence-electron chi connectivity index (χ1n) is 6.33. The highest BCUT2D eigenvalue weighted by atomic mass is 19.1. The monoisotopic (exact) mass is 285 g/mol. The minimum atomic E-state index is -0.934.